The van der Waals surface area contributed by atoms with E-state index in [9.17, 15) is 0 Å². The topological polar surface area (TPSA) is 3.24 Å². The molecule has 0 fully saturated rings. The van der Waals surface area contributed by atoms with Gasteiger partial charge in [-0.15, -0.1) is 11.3 Å². The van der Waals surface area contributed by atoms with E-state index >= 15 is 0 Å². The molecular weight excluding hydrogens is 302 g/mol. The number of hydrogen-bond donors (Lipinski definition) is 1. The van der Waals surface area contributed by atoms with Gasteiger partial charge < -0.3 is 4.90 Å². The zero-order valence-electron chi connectivity index (χ0n) is 10.1. The number of hydrogen-bond acceptors (Lipinski definition) is 3. The predicted molar refractivity (Wildman–Crippen MR) is 80.5 cm³/mol. The average Bonchev–Trinajstić information content (AvgIpc) is 2.60. The molecule has 0 aliphatic rings. The first-order valence-corrected chi connectivity index (χ1v) is 7.85. The standard InChI is InChI=1S/C12H20BrNS2/c1-9(2)11(7-15)6-14(3)5-10-4-12(13)16-8-10/h4,8-9,11,15H,5-7H2,1-3H3. The molecular formula is C12H20BrNS2. The molecule has 0 radical (unpaired) electrons. The van der Waals surface area contributed by atoms with Crippen LogP contribution < -0.4 is 0 Å². The van der Waals surface area contributed by atoms with Crippen molar-refractivity contribution < 1.29 is 0 Å². The van der Waals surface area contributed by atoms with Crippen LogP contribution in [0.25, 0.3) is 0 Å². The summed E-state index contributed by atoms with van der Waals surface area (Å²) < 4.78 is 1.21. The Morgan fingerprint density at radius 3 is 2.62 bits per heavy atom. The molecule has 0 saturated carbocycles. The molecule has 4 heteroatoms. The molecule has 1 aromatic heterocycles. The van der Waals surface area contributed by atoms with Gasteiger partial charge in [-0.3, -0.25) is 0 Å². The summed E-state index contributed by atoms with van der Waals surface area (Å²) in [5.74, 6) is 2.35. The second-order valence-electron chi connectivity index (χ2n) is 4.64. The van der Waals surface area contributed by atoms with E-state index in [0.717, 1.165) is 18.8 Å². The summed E-state index contributed by atoms with van der Waals surface area (Å²) in [6.45, 7) is 6.69. The maximum absolute atomic E-state index is 4.43. The molecule has 0 aliphatic heterocycles. The van der Waals surface area contributed by atoms with Crippen molar-refractivity contribution in [1.82, 2.24) is 4.90 Å². The van der Waals surface area contributed by atoms with Crippen LogP contribution in [0, 0.1) is 11.8 Å². The van der Waals surface area contributed by atoms with Gasteiger partial charge in [0.2, 0.25) is 0 Å². The van der Waals surface area contributed by atoms with Gasteiger partial charge in [-0.1, -0.05) is 13.8 Å². The molecule has 0 saturated heterocycles. The zero-order valence-corrected chi connectivity index (χ0v) is 13.4. The van der Waals surface area contributed by atoms with Gasteiger partial charge in [0, 0.05) is 13.1 Å². The fourth-order valence-corrected chi connectivity index (χ4v) is 3.42. The minimum absolute atomic E-state index is 0.676. The average molecular weight is 322 g/mol. The highest BCUT2D eigenvalue weighted by atomic mass is 79.9. The quantitative estimate of drug-likeness (QED) is 0.770. The van der Waals surface area contributed by atoms with Crippen LogP contribution in [-0.2, 0) is 6.54 Å². The Hall–Kier alpha value is 0.490. The summed E-state index contributed by atoms with van der Waals surface area (Å²) in [5.41, 5.74) is 1.39. The number of halogens is 1. The lowest BCUT2D eigenvalue weighted by atomic mass is 9.97. The molecule has 1 aromatic rings. The predicted octanol–water partition coefficient (Wildman–Crippen LogP) is 4.14. The van der Waals surface area contributed by atoms with E-state index in [0.29, 0.717) is 11.8 Å². The number of thiol groups is 1. The second-order valence-corrected chi connectivity index (χ2v) is 7.30. The highest BCUT2D eigenvalue weighted by Gasteiger charge is 2.14. The normalized spacial score (nSPS) is 13.7. The fourth-order valence-electron chi connectivity index (χ4n) is 1.68. The van der Waals surface area contributed by atoms with Crippen molar-refractivity contribution in [2.45, 2.75) is 20.4 Å². The Morgan fingerprint density at radius 2 is 2.19 bits per heavy atom. The first kappa shape index (κ1) is 14.6. The summed E-state index contributed by atoms with van der Waals surface area (Å²) in [6.07, 6.45) is 0. The minimum atomic E-state index is 0.676. The van der Waals surface area contributed by atoms with Crippen LogP contribution in [-0.4, -0.2) is 24.2 Å². The fraction of sp³-hybridized carbons (Fsp3) is 0.667. The molecule has 1 unspecified atom stereocenters. The molecule has 0 bridgehead atoms. The van der Waals surface area contributed by atoms with Crippen LogP contribution in [0.1, 0.15) is 19.4 Å². The SMILES string of the molecule is CC(C)C(CS)CN(C)Cc1csc(Br)c1. The van der Waals surface area contributed by atoms with E-state index in [2.05, 4.69) is 65.8 Å². The van der Waals surface area contributed by atoms with E-state index < -0.39 is 0 Å². The summed E-state index contributed by atoms with van der Waals surface area (Å²) >= 11 is 9.68. The van der Waals surface area contributed by atoms with E-state index in [1.807, 2.05) is 0 Å². The molecule has 0 N–H and O–H groups in total. The van der Waals surface area contributed by atoms with E-state index in [1.165, 1.54) is 9.35 Å². The molecule has 92 valence electrons. The Kier molecular flexibility index (Phi) is 6.40. The van der Waals surface area contributed by atoms with E-state index in [1.54, 1.807) is 11.3 Å². The van der Waals surface area contributed by atoms with E-state index in [-0.39, 0.29) is 0 Å². The van der Waals surface area contributed by atoms with Crippen molar-refractivity contribution in [2.75, 3.05) is 19.3 Å². The maximum atomic E-state index is 4.43. The van der Waals surface area contributed by atoms with Crippen molar-refractivity contribution in [3.63, 3.8) is 0 Å². The Morgan fingerprint density at radius 1 is 1.50 bits per heavy atom. The van der Waals surface area contributed by atoms with Crippen molar-refractivity contribution in [3.05, 3.63) is 20.8 Å². The highest BCUT2D eigenvalue weighted by Crippen LogP contribution is 2.22. The minimum Gasteiger partial charge on any atom is -0.302 e. The van der Waals surface area contributed by atoms with Gasteiger partial charge in [-0.25, -0.2) is 0 Å². The summed E-state index contributed by atoms with van der Waals surface area (Å²) in [4.78, 5) is 2.38. The second kappa shape index (κ2) is 7.04. The van der Waals surface area contributed by atoms with Gasteiger partial charge >= 0.3 is 0 Å². The van der Waals surface area contributed by atoms with Crippen molar-refractivity contribution in [3.8, 4) is 0 Å². The first-order valence-electron chi connectivity index (χ1n) is 5.55. The third kappa shape index (κ3) is 4.78. The van der Waals surface area contributed by atoms with Crippen LogP contribution in [0.5, 0.6) is 0 Å². The Bertz CT molecular complexity index is 312. The lowest BCUT2D eigenvalue weighted by Crippen LogP contribution is -2.29. The molecule has 0 spiro atoms. The summed E-state index contributed by atoms with van der Waals surface area (Å²) in [6, 6.07) is 2.20. The summed E-state index contributed by atoms with van der Waals surface area (Å²) in [5, 5.41) is 2.21. The number of thiophene rings is 1. The van der Waals surface area contributed by atoms with Crippen molar-refractivity contribution >= 4 is 39.9 Å². The molecule has 16 heavy (non-hydrogen) atoms. The largest absolute Gasteiger partial charge is 0.302 e. The first-order chi connectivity index (χ1) is 7.52. The molecule has 1 nitrogen and oxygen atoms in total. The maximum Gasteiger partial charge on any atom is 0.0701 e. The summed E-state index contributed by atoms with van der Waals surface area (Å²) in [7, 11) is 2.18. The molecule has 1 heterocycles. The van der Waals surface area contributed by atoms with Crippen LogP contribution in [0.2, 0.25) is 0 Å². The molecule has 0 aromatic carbocycles. The van der Waals surface area contributed by atoms with Crippen LogP contribution in [0.3, 0.4) is 0 Å². The zero-order chi connectivity index (χ0) is 12.1. The molecule has 0 aliphatic carbocycles. The molecule has 0 amide bonds. The number of rotatable bonds is 6. The van der Waals surface area contributed by atoms with Crippen molar-refractivity contribution in [1.29, 1.82) is 0 Å². The van der Waals surface area contributed by atoms with Gasteiger partial charge in [-0.2, -0.15) is 12.6 Å². The van der Waals surface area contributed by atoms with Crippen molar-refractivity contribution in [2.24, 2.45) is 11.8 Å². The van der Waals surface area contributed by atoms with E-state index in [4.69, 9.17) is 0 Å². The smallest absolute Gasteiger partial charge is 0.0701 e. The Balaban J connectivity index is 2.43. The lowest BCUT2D eigenvalue weighted by Gasteiger charge is -2.25. The monoisotopic (exact) mass is 321 g/mol. The third-order valence-electron chi connectivity index (χ3n) is 2.80. The van der Waals surface area contributed by atoms with Crippen LogP contribution in [0.15, 0.2) is 15.2 Å². The van der Waals surface area contributed by atoms with Gasteiger partial charge in [0.05, 0.1) is 3.79 Å². The Labute approximate surface area is 117 Å². The van der Waals surface area contributed by atoms with Crippen LogP contribution >= 0.6 is 39.9 Å². The van der Waals surface area contributed by atoms with Gasteiger partial charge in [0.1, 0.15) is 0 Å². The van der Waals surface area contributed by atoms with Gasteiger partial charge in [0.25, 0.3) is 0 Å². The van der Waals surface area contributed by atoms with Gasteiger partial charge in [0.15, 0.2) is 0 Å². The van der Waals surface area contributed by atoms with Gasteiger partial charge in [-0.05, 0) is 57.6 Å². The molecule has 1 rings (SSSR count). The number of nitrogens with zero attached hydrogens (tertiary/aromatic N) is 1. The lowest BCUT2D eigenvalue weighted by molar-refractivity contribution is 0.247. The third-order valence-corrected chi connectivity index (χ3v) is 4.82. The molecule has 1 atom stereocenters. The highest BCUT2D eigenvalue weighted by molar-refractivity contribution is 9.11. The van der Waals surface area contributed by atoms with Crippen LogP contribution in [0.4, 0.5) is 0 Å².